The lowest BCUT2D eigenvalue weighted by Gasteiger charge is -2.12. The Morgan fingerprint density at radius 2 is 2.32 bits per heavy atom. The lowest BCUT2D eigenvalue weighted by atomic mass is 10.2. The summed E-state index contributed by atoms with van der Waals surface area (Å²) in [6.45, 7) is 4.27. The van der Waals surface area contributed by atoms with Crippen LogP contribution >= 0.6 is 0 Å². The Balaban J connectivity index is 2.25. The maximum absolute atomic E-state index is 12.1. The van der Waals surface area contributed by atoms with E-state index in [-0.39, 0.29) is 11.9 Å². The topological polar surface area (TPSA) is 69.0 Å². The molecular weight excluding hydrogens is 244 g/mol. The average Bonchev–Trinajstić information content (AvgIpc) is 2.65. The summed E-state index contributed by atoms with van der Waals surface area (Å²) in [7, 11) is 3.44. The van der Waals surface area contributed by atoms with Gasteiger partial charge in [-0.25, -0.2) is 4.98 Å². The Kier molecular flexibility index (Phi) is 3.80. The summed E-state index contributed by atoms with van der Waals surface area (Å²) in [5.74, 6) is -0.151. The van der Waals surface area contributed by atoms with Crippen LogP contribution in [0.4, 0.5) is 0 Å². The lowest BCUT2D eigenvalue weighted by molar-refractivity contribution is 0.0905. The highest BCUT2D eigenvalue weighted by molar-refractivity contribution is 5.97. The molecule has 2 aromatic rings. The Labute approximate surface area is 111 Å². The molecule has 6 nitrogen and oxygen atoms in total. The quantitative estimate of drug-likeness (QED) is 0.894. The fraction of sp³-hybridized carbons (Fsp3) is 0.462. The van der Waals surface area contributed by atoms with Crippen LogP contribution in [-0.2, 0) is 11.8 Å². The number of carbonyl (C=O) groups excluding carboxylic acids is 1. The summed E-state index contributed by atoms with van der Waals surface area (Å²) in [4.78, 5) is 16.3. The number of aromatic nitrogens is 3. The molecule has 0 saturated heterocycles. The molecule has 1 atom stereocenters. The molecule has 1 N–H and O–H groups in total. The fourth-order valence-corrected chi connectivity index (χ4v) is 2.03. The van der Waals surface area contributed by atoms with Crippen LogP contribution in [0.5, 0.6) is 0 Å². The van der Waals surface area contributed by atoms with Crippen molar-refractivity contribution in [3.63, 3.8) is 0 Å². The number of fused-ring (bicyclic) bond motifs is 1. The van der Waals surface area contributed by atoms with E-state index in [1.54, 1.807) is 18.0 Å². The molecule has 102 valence electrons. The first-order chi connectivity index (χ1) is 9.02. The van der Waals surface area contributed by atoms with Crippen LogP contribution in [0, 0.1) is 6.92 Å². The van der Waals surface area contributed by atoms with Crippen LogP contribution in [0.25, 0.3) is 11.0 Å². The van der Waals surface area contributed by atoms with Gasteiger partial charge in [0.2, 0.25) is 0 Å². The van der Waals surface area contributed by atoms with Gasteiger partial charge in [0.05, 0.1) is 17.9 Å². The van der Waals surface area contributed by atoms with Gasteiger partial charge in [-0.3, -0.25) is 9.48 Å². The number of ether oxygens (including phenoxy) is 1. The normalized spacial score (nSPS) is 12.6. The molecule has 0 fully saturated rings. The number of carbonyl (C=O) groups is 1. The SMILES string of the molecule is COCC(C)NC(=O)c1cnc2c(c1)c(C)nn2C. The summed E-state index contributed by atoms with van der Waals surface area (Å²) >= 11 is 0. The van der Waals surface area contributed by atoms with Crippen molar-refractivity contribution in [2.45, 2.75) is 19.9 Å². The van der Waals surface area contributed by atoms with E-state index in [0.717, 1.165) is 16.7 Å². The van der Waals surface area contributed by atoms with E-state index in [1.807, 2.05) is 27.0 Å². The average molecular weight is 262 g/mol. The van der Waals surface area contributed by atoms with Gasteiger partial charge in [-0.1, -0.05) is 0 Å². The van der Waals surface area contributed by atoms with Gasteiger partial charge < -0.3 is 10.1 Å². The molecule has 1 amide bonds. The number of hydrogen-bond acceptors (Lipinski definition) is 4. The van der Waals surface area contributed by atoms with E-state index >= 15 is 0 Å². The Hall–Kier alpha value is -1.95. The Morgan fingerprint density at radius 3 is 3.00 bits per heavy atom. The van der Waals surface area contributed by atoms with Crippen molar-refractivity contribution in [3.05, 3.63) is 23.5 Å². The third kappa shape index (κ3) is 2.73. The van der Waals surface area contributed by atoms with Crippen LogP contribution in [0.2, 0.25) is 0 Å². The third-order valence-electron chi connectivity index (χ3n) is 2.92. The molecule has 6 heteroatoms. The zero-order valence-electron chi connectivity index (χ0n) is 11.6. The van der Waals surface area contributed by atoms with Crippen molar-refractivity contribution in [2.24, 2.45) is 7.05 Å². The first-order valence-corrected chi connectivity index (χ1v) is 6.12. The summed E-state index contributed by atoms with van der Waals surface area (Å²) in [5.41, 5.74) is 2.18. The smallest absolute Gasteiger partial charge is 0.253 e. The number of amides is 1. The van der Waals surface area contributed by atoms with Gasteiger partial charge in [0, 0.05) is 31.8 Å². The molecule has 0 aromatic carbocycles. The van der Waals surface area contributed by atoms with Crippen LogP contribution in [0.15, 0.2) is 12.3 Å². The van der Waals surface area contributed by atoms with Crippen LogP contribution in [0.3, 0.4) is 0 Å². The second kappa shape index (κ2) is 5.36. The highest BCUT2D eigenvalue weighted by Crippen LogP contribution is 2.16. The second-order valence-corrected chi connectivity index (χ2v) is 4.63. The molecule has 1 unspecified atom stereocenters. The van der Waals surface area contributed by atoms with E-state index in [4.69, 9.17) is 4.74 Å². The molecule has 2 rings (SSSR count). The van der Waals surface area contributed by atoms with Crippen LogP contribution in [-0.4, -0.2) is 40.4 Å². The van der Waals surface area contributed by atoms with Crippen molar-refractivity contribution in [1.29, 1.82) is 0 Å². The van der Waals surface area contributed by atoms with Gasteiger partial charge in [0.25, 0.3) is 5.91 Å². The van der Waals surface area contributed by atoms with Crippen LogP contribution in [0.1, 0.15) is 23.0 Å². The summed E-state index contributed by atoms with van der Waals surface area (Å²) < 4.78 is 6.70. The van der Waals surface area contributed by atoms with Crippen molar-refractivity contribution < 1.29 is 9.53 Å². The maximum atomic E-state index is 12.1. The van der Waals surface area contributed by atoms with Crippen molar-refractivity contribution in [1.82, 2.24) is 20.1 Å². The largest absolute Gasteiger partial charge is 0.383 e. The first kappa shape index (κ1) is 13.5. The zero-order valence-corrected chi connectivity index (χ0v) is 11.6. The third-order valence-corrected chi connectivity index (χ3v) is 2.92. The van der Waals surface area contributed by atoms with Crippen molar-refractivity contribution >= 4 is 16.9 Å². The molecule has 0 saturated carbocycles. The van der Waals surface area contributed by atoms with Gasteiger partial charge >= 0.3 is 0 Å². The molecule has 0 bridgehead atoms. The molecule has 0 aliphatic rings. The van der Waals surface area contributed by atoms with Gasteiger partial charge in [-0.05, 0) is 19.9 Å². The molecule has 0 aliphatic carbocycles. The number of aryl methyl sites for hydroxylation is 2. The lowest BCUT2D eigenvalue weighted by Crippen LogP contribution is -2.35. The van der Waals surface area contributed by atoms with E-state index in [1.165, 1.54) is 0 Å². The predicted octanol–water partition coefficient (Wildman–Crippen LogP) is 1.04. The molecule has 2 aromatic heterocycles. The van der Waals surface area contributed by atoms with Gasteiger partial charge in [-0.15, -0.1) is 0 Å². The molecule has 0 radical (unpaired) electrons. The fourth-order valence-electron chi connectivity index (χ4n) is 2.03. The van der Waals surface area contributed by atoms with E-state index in [0.29, 0.717) is 12.2 Å². The maximum Gasteiger partial charge on any atom is 0.253 e. The minimum atomic E-state index is -0.151. The monoisotopic (exact) mass is 262 g/mol. The van der Waals surface area contributed by atoms with Gasteiger partial charge in [-0.2, -0.15) is 5.10 Å². The van der Waals surface area contributed by atoms with E-state index < -0.39 is 0 Å². The summed E-state index contributed by atoms with van der Waals surface area (Å²) in [6.07, 6.45) is 1.57. The Morgan fingerprint density at radius 1 is 1.58 bits per heavy atom. The second-order valence-electron chi connectivity index (χ2n) is 4.63. The van der Waals surface area contributed by atoms with E-state index in [2.05, 4.69) is 15.4 Å². The molecule has 19 heavy (non-hydrogen) atoms. The number of nitrogens with one attached hydrogen (secondary N) is 1. The molecule has 0 spiro atoms. The van der Waals surface area contributed by atoms with Crippen molar-refractivity contribution in [2.75, 3.05) is 13.7 Å². The minimum Gasteiger partial charge on any atom is -0.383 e. The number of hydrogen-bond donors (Lipinski definition) is 1. The van der Waals surface area contributed by atoms with Gasteiger partial charge in [0.15, 0.2) is 5.65 Å². The standard InChI is InChI=1S/C13H18N4O2/c1-8(7-19-4)15-13(18)10-5-11-9(2)16-17(3)12(11)14-6-10/h5-6,8H,7H2,1-4H3,(H,15,18). The highest BCUT2D eigenvalue weighted by atomic mass is 16.5. The molecule has 0 aliphatic heterocycles. The highest BCUT2D eigenvalue weighted by Gasteiger charge is 2.13. The number of nitrogens with zero attached hydrogens (tertiary/aromatic N) is 3. The minimum absolute atomic E-state index is 0.0387. The predicted molar refractivity (Wildman–Crippen MR) is 72.1 cm³/mol. The summed E-state index contributed by atoms with van der Waals surface area (Å²) in [5, 5.41) is 8.04. The number of pyridine rings is 1. The van der Waals surface area contributed by atoms with Crippen LogP contribution < -0.4 is 5.32 Å². The Bertz CT molecular complexity index is 606. The van der Waals surface area contributed by atoms with Gasteiger partial charge in [0.1, 0.15) is 0 Å². The summed E-state index contributed by atoms with van der Waals surface area (Å²) in [6, 6.07) is 1.78. The first-order valence-electron chi connectivity index (χ1n) is 6.12. The van der Waals surface area contributed by atoms with E-state index in [9.17, 15) is 4.79 Å². The molecule has 2 heterocycles. The number of methoxy groups -OCH3 is 1. The molecular formula is C13H18N4O2. The van der Waals surface area contributed by atoms with Crippen molar-refractivity contribution in [3.8, 4) is 0 Å². The number of rotatable bonds is 4. The zero-order chi connectivity index (χ0) is 14.0.